The molecule has 0 aliphatic carbocycles. The van der Waals surface area contributed by atoms with Crippen LogP contribution in [-0.2, 0) is 14.6 Å². The predicted octanol–water partition coefficient (Wildman–Crippen LogP) is 0.0980. The normalized spacial score (nSPS) is 15.1. The number of hydrogen-bond donors (Lipinski definition) is 1. The molecule has 24 heavy (non-hydrogen) atoms. The van der Waals surface area contributed by atoms with E-state index in [9.17, 15) is 18.0 Å². The number of carbonyl (C=O) groups excluding carboxylic acids is 2. The van der Waals surface area contributed by atoms with Gasteiger partial charge in [0, 0.05) is 44.2 Å². The molecular weight excluding hydrogens is 334 g/mol. The molecule has 0 unspecified atom stereocenters. The summed E-state index contributed by atoms with van der Waals surface area (Å²) in [6.45, 7) is 2.00. The Balaban J connectivity index is 1.85. The average molecular weight is 355 g/mol. The lowest BCUT2D eigenvalue weighted by Crippen LogP contribution is -2.51. The van der Waals surface area contributed by atoms with Gasteiger partial charge in [-0.1, -0.05) is 6.07 Å². The molecule has 1 heterocycles. The minimum absolute atomic E-state index is 0.294. The fourth-order valence-corrected chi connectivity index (χ4v) is 2.75. The van der Waals surface area contributed by atoms with Gasteiger partial charge < -0.3 is 19.9 Å². The number of rotatable bonds is 4. The molecule has 0 bridgehead atoms. The Morgan fingerprint density at radius 3 is 2.46 bits per heavy atom. The number of benzene rings is 1. The van der Waals surface area contributed by atoms with Crippen molar-refractivity contribution in [2.24, 2.45) is 0 Å². The first-order chi connectivity index (χ1) is 11.3. The van der Waals surface area contributed by atoms with Crippen LogP contribution < -0.4 is 15.0 Å². The van der Waals surface area contributed by atoms with Crippen molar-refractivity contribution in [1.82, 2.24) is 10.2 Å². The summed E-state index contributed by atoms with van der Waals surface area (Å²) >= 11 is 0. The number of nitrogens with zero attached hydrogens (tertiary/aromatic N) is 2. The summed E-state index contributed by atoms with van der Waals surface area (Å²) in [5.41, 5.74) is 1.02. The van der Waals surface area contributed by atoms with Crippen LogP contribution in [0.25, 0.3) is 0 Å². The predicted molar refractivity (Wildman–Crippen MR) is 90.0 cm³/mol. The number of piperazine rings is 1. The Morgan fingerprint density at radius 1 is 1.21 bits per heavy atom. The summed E-state index contributed by atoms with van der Waals surface area (Å²) in [5.74, 6) is 0.479. The second-order valence-corrected chi connectivity index (χ2v) is 7.40. The first kappa shape index (κ1) is 18.1. The number of carbonyl (C=O) groups is 2. The van der Waals surface area contributed by atoms with Crippen molar-refractivity contribution in [3.8, 4) is 5.75 Å². The van der Waals surface area contributed by atoms with Crippen LogP contribution in [0.4, 0.5) is 10.5 Å². The van der Waals surface area contributed by atoms with Gasteiger partial charge in [0.2, 0.25) is 15.7 Å². The largest absolute Gasteiger partial charge is 0.497 e. The van der Waals surface area contributed by atoms with Crippen molar-refractivity contribution in [3.05, 3.63) is 24.3 Å². The van der Waals surface area contributed by atoms with E-state index < -0.39 is 15.1 Å². The number of anilines is 1. The van der Waals surface area contributed by atoms with Crippen molar-refractivity contribution in [2.45, 2.75) is 0 Å². The van der Waals surface area contributed by atoms with E-state index in [1.54, 1.807) is 12.0 Å². The second-order valence-electron chi connectivity index (χ2n) is 5.48. The molecule has 1 aromatic rings. The summed E-state index contributed by atoms with van der Waals surface area (Å²) in [7, 11) is -2.21. The third-order valence-electron chi connectivity index (χ3n) is 3.77. The lowest BCUT2D eigenvalue weighted by atomic mass is 10.2. The number of ether oxygens (including phenoxy) is 1. The summed E-state index contributed by atoms with van der Waals surface area (Å²) in [6, 6.07) is 7.69. The smallest absolute Gasteiger partial charge is 0.336 e. The molecule has 2 amide bonds. The van der Waals surface area contributed by atoms with Gasteiger partial charge in [-0.05, 0) is 12.1 Å². The Hall–Kier alpha value is -2.29. The van der Waals surface area contributed by atoms with Crippen LogP contribution in [0.5, 0.6) is 5.75 Å². The highest BCUT2D eigenvalue weighted by Gasteiger charge is 2.23. The maximum atomic E-state index is 12.1. The fourth-order valence-electron chi connectivity index (χ4n) is 2.41. The van der Waals surface area contributed by atoms with Crippen molar-refractivity contribution in [3.63, 3.8) is 0 Å². The fraction of sp³-hybridized carbons (Fsp3) is 0.467. The maximum absolute atomic E-state index is 12.1. The number of nitrogens with one attached hydrogen (secondary N) is 1. The second kappa shape index (κ2) is 7.52. The van der Waals surface area contributed by atoms with Crippen LogP contribution in [-0.4, -0.2) is 70.6 Å². The van der Waals surface area contributed by atoms with Gasteiger partial charge in [0.05, 0.1) is 13.7 Å². The summed E-state index contributed by atoms with van der Waals surface area (Å²) in [4.78, 5) is 27.1. The first-order valence-corrected chi connectivity index (χ1v) is 9.35. The van der Waals surface area contributed by atoms with Crippen LogP contribution >= 0.6 is 0 Å². The minimum Gasteiger partial charge on any atom is -0.497 e. The molecule has 1 N–H and O–H groups in total. The van der Waals surface area contributed by atoms with E-state index in [0.29, 0.717) is 26.2 Å². The van der Waals surface area contributed by atoms with E-state index in [2.05, 4.69) is 10.2 Å². The van der Waals surface area contributed by atoms with Gasteiger partial charge in [-0.3, -0.25) is 9.59 Å². The molecule has 9 heteroatoms. The zero-order chi connectivity index (χ0) is 17.7. The maximum Gasteiger partial charge on any atom is 0.336 e. The van der Waals surface area contributed by atoms with Crippen molar-refractivity contribution in [1.29, 1.82) is 0 Å². The van der Waals surface area contributed by atoms with Gasteiger partial charge >= 0.3 is 5.24 Å². The zero-order valence-corrected chi connectivity index (χ0v) is 14.5. The van der Waals surface area contributed by atoms with Crippen LogP contribution in [0.1, 0.15) is 0 Å². The van der Waals surface area contributed by atoms with Crippen molar-refractivity contribution < 1.29 is 22.7 Å². The molecule has 0 atom stereocenters. The number of amides is 2. The van der Waals surface area contributed by atoms with Crippen LogP contribution in [0.2, 0.25) is 0 Å². The molecular formula is C15H21N3O5S. The Bertz CT molecular complexity index is 712. The molecule has 0 aromatic heterocycles. The molecule has 0 radical (unpaired) electrons. The van der Waals surface area contributed by atoms with E-state index in [0.717, 1.165) is 17.7 Å². The Morgan fingerprint density at radius 2 is 1.88 bits per heavy atom. The molecule has 1 aromatic carbocycles. The highest BCUT2D eigenvalue weighted by molar-refractivity contribution is 8.05. The molecule has 1 aliphatic rings. The Labute approximate surface area is 141 Å². The number of hydrogen-bond acceptors (Lipinski definition) is 6. The highest BCUT2D eigenvalue weighted by Crippen LogP contribution is 2.22. The molecule has 0 spiro atoms. The highest BCUT2D eigenvalue weighted by atomic mass is 32.2. The SMILES string of the molecule is COc1cccc(N2CCN(C(=O)CNC(=O)S(C)(=O)=O)CC2)c1. The lowest BCUT2D eigenvalue weighted by molar-refractivity contribution is -0.130. The quantitative estimate of drug-likeness (QED) is 0.823. The van der Waals surface area contributed by atoms with E-state index in [-0.39, 0.29) is 12.5 Å². The van der Waals surface area contributed by atoms with E-state index in [4.69, 9.17) is 4.74 Å². The third kappa shape index (κ3) is 4.60. The van der Waals surface area contributed by atoms with E-state index >= 15 is 0 Å². The third-order valence-corrected chi connectivity index (χ3v) is 4.59. The van der Waals surface area contributed by atoms with Crippen molar-refractivity contribution in [2.75, 3.05) is 51.0 Å². The summed E-state index contributed by atoms with van der Waals surface area (Å²) < 4.78 is 27.2. The zero-order valence-electron chi connectivity index (χ0n) is 13.7. The van der Waals surface area contributed by atoms with Crippen LogP contribution in [0, 0.1) is 0 Å². The van der Waals surface area contributed by atoms with Crippen LogP contribution in [0.15, 0.2) is 24.3 Å². The molecule has 1 fully saturated rings. The average Bonchev–Trinajstić information content (AvgIpc) is 2.58. The van der Waals surface area contributed by atoms with Gasteiger partial charge in [0.25, 0.3) is 0 Å². The summed E-state index contributed by atoms with van der Waals surface area (Å²) in [6.07, 6.45) is 0.805. The molecule has 8 nitrogen and oxygen atoms in total. The van der Waals surface area contributed by atoms with Gasteiger partial charge in [-0.2, -0.15) is 0 Å². The van der Waals surface area contributed by atoms with E-state index in [1.165, 1.54) is 0 Å². The molecule has 1 aliphatic heterocycles. The molecule has 0 saturated carbocycles. The lowest BCUT2D eigenvalue weighted by Gasteiger charge is -2.36. The minimum atomic E-state index is -3.82. The van der Waals surface area contributed by atoms with Crippen LogP contribution in [0.3, 0.4) is 0 Å². The van der Waals surface area contributed by atoms with Crippen molar-refractivity contribution >= 4 is 26.7 Å². The number of sulfone groups is 1. The van der Waals surface area contributed by atoms with Gasteiger partial charge in [-0.25, -0.2) is 8.42 Å². The monoisotopic (exact) mass is 355 g/mol. The van der Waals surface area contributed by atoms with Gasteiger partial charge in [0.1, 0.15) is 5.75 Å². The van der Waals surface area contributed by atoms with E-state index in [1.807, 2.05) is 24.3 Å². The molecule has 1 saturated heterocycles. The Kier molecular flexibility index (Phi) is 5.66. The molecule has 2 rings (SSSR count). The van der Waals surface area contributed by atoms with Gasteiger partial charge in [0.15, 0.2) is 0 Å². The summed E-state index contributed by atoms with van der Waals surface area (Å²) in [5, 5.41) is 0.996. The first-order valence-electron chi connectivity index (χ1n) is 7.46. The topological polar surface area (TPSA) is 96.0 Å². The van der Waals surface area contributed by atoms with Gasteiger partial charge in [-0.15, -0.1) is 0 Å². The molecule has 132 valence electrons. The standard InChI is InChI=1S/C15H21N3O5S/c1-23-13-5-3-4-12(10-13)17-6-8-18(9-7-17)14(19)11-16-15(20)24(2,21)22/h3-5,10H,6-9,11H2,1-2H3,(H,16,20). The number of methoxy groups -OCH3 is 1.